The quantitative estimate of drug-likeness (QED) is 0.522. The topological polar surface area (TPSA) is 85.9 Å². The molecule has 0 radical (unpaired) electrons. The highest BCUT2D eigenvalue weighted by Crippen LogP contribution is 2.40. The second kappa shape index (κ2) is 10.9. The third-order valence-corrected chi connectivity index (χ3v) is 5.10. The van der Waals surface area contributed by atoms with Crippen molar-refractivity contribution in [2.75, 3.05) is 13.2 Å². The molecule has 0 saturated carbocycles. The minimum absolute atomic E-state index is 0.117. The molecule has 0 aromatic heterocycles. The van der Waals surface area contributed by atoms with Crippen molar-refractivity contribution in [3.05, 3.63) is 69.9 Å². The van der Waals surface area contributed by atoms with E-state index in [1.807, 2.05) is 44.2 Å². The number of halogens is 1. The van der Waals surface area contributed by atoms with Gasteiger partial charge >= 0.3 is 12.0 Å². The van der Waals surface area contributed by atoms with E-state index in [1.165, 1.54) is 0 Å². The van der Waals surface area contributed by atoms with Gasteiger partial charge in [-0.25, -0.2) is 9.59 Å². The molecule has 2 aromatic carbocycles. The van der Waals surface area contributed by atoms with Crippen molar-refractivity contribution in [3.8, 4) is 11.5 Å². The van der Waals surface area contributed by atoms with Gasteiger partial charge in [0.05, 0.1) is 29.9 Å². The van der Waals surface area contributed by atoms with Crippen LogP contribution in [0.2, 0.25) is 5.02 Å². The van der Waals surface area contributed by atoms with E-state index < -0.39 is 18.0 Å². The van der Waals surface area contributed by atoms with Gasteiger partial charge in [-0.05, 0) is 43.5 Å². The van der Waals surface area contributed by atoms with Crippen LogP contribution < -0.4 is 20.1 Å². The summed E-state index contributed by atoms with van der Waals surface area (Å²) in [5, 5.41) is 5.76. The van der Waals surface area contributed by atoms with Crippen molar-refractivity contribution in [1.82, 2.24) is 10.6 Å². The summed E-state index contributed by atoms with van der Waals surface area (Å²) >= 11 is 6.50. The first-order valence-electron chi connectivity index (χ1n) is 10.5. The van der Waals surface area contributed by atoms with E-state index in [9.17, 15) is 9.59 Å². The van der Waals surface area contributed by atoms with E-state index in [2.05, 4.69) is 10.6 Å². The molecule has 32 heavy (non-hydrogen) atoms. The first kappa shape index (κ1) is 23.5. The zero-order valence-corrected chi connectivity index (χ0v) is 19.1. The number of hydrogen-bond acceptors (Lipinski definition) is 5. The van der Waals surface area contributed by atoms with Crippen LogP contribution >= 0.6 is 11.6 Å². The van der Waals surface area contributed by atoms with Crippen molar-refractivity contribution >= 4 is 23.6 Å². The lowest BCUT2D eigenvalue weighted by Gasteiger charge is -2.29. The summed E-state index contributed by atoms with van der Waals surface area (Å²) in [4.78, 5) is 25.2. The number of esters is 1. The molecule has 1 aliphatic rings. The molecule has 1 unspecified atom stereocenters. The molecule has 0 fully saturated rings. The maximum absolute atomic E-state index is 13.0. The van der Waals surface area contributed by atoms with E-state index in [1.54, 1.807) is 19.1 Å². The first-order valence-corrected chi connectivity index (χ1v) is 10.9. The summed E-state index contributed by atoms with van der Waals surface area (Å²) in [6.45, 7) is 6.52. The van der Waals surface area contributed by atoms with Gasteiger partial charge in [-0.3, -0.25) is 0 Å². The zero-order chi connectivity index (χ0) is 23.1. The van der Waals surface area contributed by atoms with E-state index in [4.69, 9.17) is 25.8 Å². The Labute approximate surface area is 192 Å². The molecule has 0 saturated heterocycles. The molecular formula is C24H27ClN2O5. The van der Waals surface area contributed by atoms with Crippen molar-refractivity contribution < 1.29 is 23.8 Å². The number of rotatable bonds is 9. The van der Waals surface area contributed by atoms with Crippen molar-refractivity contribution in [3.63, 3.8) is 0 Å². The highest BCUT2D eigenvalue weighted by molar-refractivity contribution is 6.32. The summed E-state index contributed by atoms with van der Waals surface area (Å²) in [5.41, 5.74) is 2.16. The Hall–Kier alpha value is -3.19. The number of allylic oxidation sites excluding steroid dienone is 1. The second-order valence-corrected chi connectivity index (χ2v) is 7.65. The highest BCUT2D eigenvalue weighted by atomic mass is 35.5. The molecule has 8 heteroatoms. The van der Waals surface area contributed by atoms with Gasteiger partial charge in [0.2, 0.25) is 0 Å². The van der Waals surface area contributed by atoms with E-state index in [-0.39, 0.29) is 6.61 Å². The third kappa shape index (κ3) is 5.53. The molecule has 170 valence electrons. The van der Waals surface area contributed by atoms with Gasteiger partial charge in [-0.1, -0.05) is 48.9 Å². The molecule has 0 bridgehead atoms. The minimum atomic E-state index is -0.760. The number of ether oxygens (including phenoxy) is 3. The molecule has 3 rings (SSSR count). The van der Waals surface area contributed by atoms with Gasteiger partial charge in [0, 0.05) is 5.70 Å². The Kier molecular flexibility index (Phi) is 8.00. The average Bonchev–Trinajstić information content (AvgIpc) is 2.77. The highest BCUT2D eigenvalue weighted by Gasteiger charge is 2.33. The summed E-state index contributed by atoms with van der Waals surface area (Å²) < 4.78 is 17.0. The first-order chi connectivity index (χ1) is 15.4. The molecule has 1 heterocycles. The van der Waals surface area contributed by atoms with Crippen molar-refractivity contribution in [1.29, 1.82) is 0 Å². The van der Waals surface area contributed by atoms with Gasteiger partial charge < -0.3 is 24.8 Å². The van der Waals surface area contributed by atoms with E-state index >= 15 is 0 Å². The maximum atomic E-state index is 13.0. The van der Waals surface area contributed by atoms with Gasteiger partial charge in [0.25, 0.3) is 0 Å². The largest absolute Gasteiger partial charge is 0.490 e. The molecule has 0 spiro atoms. The molecule has 1 aliphatic heterocycles. The fraction of sp³-hybridized carbons (Fsp3) is 0.333. The maximum Gasteiger partial charge on any atom is 0.338 e. The van der Waals surface area contributed by atoms with Gasteiger partial charge in [0.15, 0.2) is 11.5 Å². The van der Waals surface area contributed by atoms with Gasteiger partial charge in [0.1, 0.15) is 6.61 Å². The van der Waals surface area contributed by atoms with Crippen LogP contribution in [0.1, 0.15) is 44.4 Å². The summed E-state index contributed by atoms with van der Waals surface area (Å²) in [6.07, 6.45) is 0.813. The molecule has 0 aliphatic carbocycles. The SMILES string of the molecule is CCCOc1c(Cl)cc(C2NC(=O)NC(C)=C2C(=O)OCc2ccccc2)cc1OCC. The fourth-order valence-electron chi connectivity index (χ4n) is 3.38. The van der Waals surface area contributed by atoms with Crippen LogP contribution in [0.3, 0.4) is 0 Å². The van der Waals surface area contributed by atoms with Crippen LogP contribution in [0.4, 0.5) is 4.79 Å². The predicted molar refractivity (Wildman–Crippen MR) is 122 cm³/mol. The summed E-state index contributed by atoms with van der Waals surface area (Å²) in [5.74, 6) is 0.350. The normalized spacial score (nSPS) is 15.6. The Balaban J connectivity index is 1.93. The number of carbonyl (C=O) groups excluding carboxylic acids is 2. The standard InChI is InChI=1S/C24H27ClN2O5/c1-4-11-31-22-18(25)12-17(13-19(22)30-5-2)21-20(15(3)26-24(29)27-21)23(28)32-14-16-9-7-6-8-10-16/h6-10,12-13,21H,4-5,11,14H2,1-3H3,(H2,26,27,29). The zero-order valence-electron chi connectivity index (χ0n) is 18.4. The van der Waals surface area contributed by atoms with Crippen LogP contribution in [0, 0.1) is 0 Å². The lowest BCUT2D eigenvalue weighted by molar-refractivity contribution is -0.140. The van der Waals surface area contributed by atoms with Crippen LogP contribution in [0.15, 0.2) is 53.7 Å². The number of nitrogens with one attached hydrogen (secondary N) is 2. The lowest BCUT2D eigenvalue weighted by Crippen LogP contribution is -2.45. The van der Waals surface area contributed by atoms with Crippen molar-refractivity contribution in [2.24, 2.45) is 0 Å². The summed E-state index contributed by atoms with van der Waals surface area (Å²) in [6, 6.07) is 11.6. The minimum Gasteiger partial charge on any atom is -0.490 e. The third-order valence-electron chi connectivity index (χ3n) is 4.82. The van der Waals surface area contributed by atoms with Crippen molar-refractivity contribution in [2.45, 2.75) is 39.8 Å². The summed E-state index contributed by atoms with van der Waals surface area (Å²) in [7, 11) is 0. The Morgan fingerprint density at radius 1 is 1.12 bits per heavy atom. The van der Waals surface area contributed by atoms with E-state index in [0.717, 1.165) is 12.0 Å². The number of amides is 2. The van der Waals surface area contributed by atoms with Gasteiger partial charge in [-0.15, -0.1) is 0 Å². The Morgan fingerprint density at radius 2 is 1.88 bits per heavy atom. The van der Waals surface area contributed by atoms with Crippen LogP contribution in [-0.4, -0.2) is 25.2 Å². The second-order valence-electron chi connectivity index (χ2n) is 7.24. The van der Waals surface area contributed by atoms with Gasteiger partial charge in [-0.2, -0.15) is 0 Å². The van der Waals surface area contributed by atoms with Crippen LogP contribution in [0.5, 0.6) is 11.5 Å². The number of hydrogen-bond donors (Lipinski definition) is 2. The van der Waals surface area contributed by atoms with Crippen LogP contribution in [-0.2, 0) is 16.1 Å². The number of carbonyl (C=O) groups is 2. The molecule has 2 N–H and O–H groups in total. The number of urea groups is 1. The fourth-order valence-corrected chi connectivity index (χ4v) is 3.65. The number of benzene rings is 2. The molecule has 2 amide bonds. The molecule has 2 aromatic rings. The Bertz CT molecular complexity index is 1010. The average molecular weight is 459 g/mol. The molecule has 7 nitrogen and oxygen atoms in total. The monoisotopic (exact) mass is 458 g/mol. The molecule has 1 atom stereocenters. The predicted octanol–water partition coefficient (Wildman–Crippen LogP) is 4.90. The smallest absolute Gasteiger partial charge is 0.338 e. The lowest BCUT2D eigenvalue weighted by atomic mass is 9.95. The van der Waals surface area contributed by atoms with E-state index in [0.29, 0.717) is 46.6 Å². The van der Waals surface area contributed by atoms with Crippen LogP contribution in [0.25, 0.3) is 0 Å². The Morgan fingerprint density at radius 3 is 2.56 bits per heavy atom. The molecular weight excluding hydrogens is 432 g/mol.